The number of halogens is 2. The summed E-state index contributed by atoms with van der Waals surface area (Å²) in [6.45, 7) is -0.711. The maximum atomic E-state index is 12.0. The van der Waals surface area contributed by atoms with Gasteiger partial charge in [0.1, 0.15) is 12.4 Å². The van der Waals surface area contributed by atoms with Gasteiger partial charge < -0.3 is 15.8 Å². The molecule has 0 bridgehead atoms. The first-order valence-corrected chi connectivity index (χ1v) is 5.19. The molecule has 4 nitrogen and oxygen atoms in total. The fourth-order valence-electron chi connectivity index (χ4n) is 1.71. The Balaban J connectivity index is 2.23. The van der Waals surface area contributed by atoms with Crippen LogP contribution in [-0.2, 0) is 11.2 Å². The number of nitrogens with two attached hydrogens (primary N) is 1. The number of amides is 1. The molecule has 1 aromatic rings. The molecule has 92 valence electrons. The van der Waals surface area contributed by atoms with Crippen molar-refractivity contribution in [3.63, 3.8) is 0 Å². The molecule has 1 aromatic carbocycles. The summed E-state index contributed by atoms with van der Waals surface area (Å²) in [5, 5.41) is 2.65. The monoisotopic (exact) mass is 242 g/mol. The molecule has 0 radical (unpaired) electrons. The van der Waals surface area contributed by atoms with E-state index < -0.39 is 13.0 Å². The van der Waals surface area contributed by atoms with Crippen molar-refractivity contribution in [2.75, 3.05) is 17.7 Å². The molecular weight excluding hydrogens is 230 g/mol. The van der Waals surface area contributed by atoms with Crippen LogP contribution in [0.1, 0.15) is 12.0 Å². The lowest BCUT2D eigenvalue weighted by Gasteiger charge is -2.19. The lowest BCUT2D eigenvalue weighted by molar-refractivity contribution is -0.116. The van der Waals surface area contributed by atoms with Gasteiger partial charge in [-0.1, -0.05) is 0 Å². The van der Waals surface area contributed by atoms with E-state index in [4.69, 9.17) is 10.5 Å². The first kappa shape index (κ1) is 11.6. The van der Waals surface area contributed by atoms with Crippen LogP contribution in [-0.4, -0.2) is 18.9 Å². The van der Waals surface area contributed by atoms with Crippen LogP contribution in [0.3, 0.4) is 0 Å². The van der Waals surface area contributed by atoms with Crippen LogP contribution in [0.15, 0.2) is 12.1 Å². The summed E-state index contributed by atoms with van der Waals surface area (Å²) >= 11 is 0. The number of hydrogen-bond donors (Lipinski definition) is 2. The molecule has 1 heterocycles. The second-order valence-corrected chi connectivity index (χ2v) is 3.80. The van der Waals surface area contributed by atoms with Crippen molar-refractivity contribution in [3.05, 3.63) is 17.7 Å². The highest BCUT2D eigenvalue weighted by atomic mass is 19.3. The normalized spacial score (nSPS) is 14.4. The number of nitrogen functional groups attached to an aromatic ring is 1. The van der Waals surface area contributed by atoms with Crippen molar-refractivity contribution in [1.82, 2.24) is 0 Å². The number of anilines is 2. The zero-order valence-corrected chi connectivity index (χ0v) is 9.00. The fourth-order valence-corrected chi connectivity index (χ4v) is 1.71. The third-order valence-electron chi connectivity index (χ3n) is 2.50. The van der Waals surface area contributed by atoms with Crippen LogP contribution in [0.4, 0.5) is 20.2 Å². The highest BCUT2D eigenvalue weighted by Crippen LogP contribution is 2.32. The van der Waals surface area contributed by atoms with E-state index in [9.17, 15) is 13.6 Å². The Morgan fingerprint density at radius 2 is 2.18 bits per heavy atom. The lowest BCUT2D eigenvalue weighted by atomic mass is 10.0. The molecule has 1 amide bonds. The number of benzene rings is 1. The minimum absolute atomic E-state index is 0.0953. The van der Waals surface area contributed by atoms with E-state index in [1.165, 1.54) is 6.07 Å². The molecule has 0 aliphatic carbocycles. The first-order valence-electron chi connectivity index (χ1n) is 5.19. The minimum Gasteiger partial charge on any atom is -0.485 e. The van der Waals surface area contributed by atoms with Gasteiger partial charge in [-0.25, -0.2) is 8.78 Å². The molecule has 1 aliphatic heterocycles. The van der Waals surface area contributed by atoms with E-state index in [2.05, 4.69) is 5.32 Å². The molecule has 0 atom stereocenters. The van der Waals surface area contributed by atoms with Gasteiger partial charge in [-0.2, -0.15) is 0 Å². The summed E-state index contributed by atoms with van der Waals surface area (Å²) in [6.07, 6.45) is -1.55. The molecule has 6 heteroatoms. The summed E-state index contributed by atoms with van der Waals surface area (Å²) in [4.78, 5) is 11.2. The van der Waals surface area contributed by atoms with Gasteiger partial charge in [0, 0.05) is 18.2 Å². The number of hydrogen-bond acceptors (Lipinski definition) is 3. The van der Waals surface area contributed by atoms with Crippen LogP contribution >= 0.6 is 0 Å². The predicted octanol–water partition coefficient (Wildman–Crippen LogP) is 1.80. The summed E-state index contributed by atoms with van der Waals surface area (Å²) in [7, 11) is 0. The molecule has 3 N–H and O–H groups in total. The molecule has 0 fully saturated rings. The number of ether oxygens (including phenoxy) is 1. The Labute approximate surface area is 96.7 Å². The summed E-state index contributed by atoms with van der Waals surface area (Å²) in [5.74, 6) is 0.0772. The topological polar surface area (TPSA) is 64.3 Å². The molecule has 17 heavy (non-hydrogen) atoms. The number of carbonyl (C=O) groups excluding carboxylic acids is 1. The maximum absolute atomic E-state index is 12.0. The van der Waals surface area contributed by atoms with Crippen molar-refractivity contribution >= 4 is 17.3 Å². The largest absolute Gasteiger partial charge is 0.485 e. The van der Waals surface area contributed by atoms with Gasteiger partial charge in [0.15, 0.2) is 0 Å². The molecule has 0 unspecified atom stereocenters. The average molecular weight is 242 g/mol. The third-order valence-corrected chi connectivity index (χ3v) is 2.50. The molecule has 0 spiro atoms. The molecular formula is C11H12F2N2O2. The number of carbonyl (C=O) groups is 1. The van der Waals surface area contributed by atoms with Gasteiger partial charge in [-0.15, -0.1) is 0 Å². The number of nitrogens with one attached hydrogen (secondary N) is 1. The van der Waals surface area contributed by atoms with Gasteiger partial charge >= 0.3 is 0 Å². The van der Waals surface area contributed by atoms with Crippen LogP contribution in [0.25, 0.3) is 0 Å². The second-order valence-electron chi connectivity index (χ2n) is 3.80. The van der Waals surface area contributed by atoms with Gasteiger partial charge in [0.2, 0.25) is 5.91 Å². The Morgan fingerprint density at radius 3 is 2.88 bits per heavy atom. The van der Waals surface area contributed by atoms with E-state index in [-0.39, 0.29) is 11.7 Å². The molecule has 0 saturated heterocycles. The number of fused-ring (bicyclic) bond motifs is 1. The maximum Gasteiger partial charge on any atom is 0.272 e. The third kappa shape index (κ3) is 2.64. The summed E-state index contributed by atoms with van der Waals surface area (Å²) in [5.41, 5.74) is 7.47. The van der Waals surface area contributed by atoms with E-state index >= 15 is 0 Å². The predicted molar refractivity (Wildman–Crippen MR) is 59.3 cm³/mol. The van der Waals surface area contributed by atoms with Crippen LogP contribution in [0, 0.1) is 0 Å². The molecule has 0 saturated carbocycles. The first-order chi connectivity index (χ1) is 8.06. The minimum atomic E-state index is -2.56. The Bertz CT molecular complexity index is 449. The number of aryl methyl sites for hydroxylation is 1. The Morgan fingerprint density at radius 1 is 1.41 bits per heavy atom. The van der Waals surface area contributed by atoms with Crippen molar-refractivity contribution < 1.29 is 18.3 Å². The summed E-state index contributed by atoms with van der Waals surface area (Å²) < 4.78 is 28.9. The lowest BCUT2D eigenvalue weighted by Crippen LogP contribution is -2.19. The molecule has 2 rings (SSSR count). The van der Waals surface area contributed by atoms with Crippen LogP contribution in [0.2, 0.25) is 0 Å². The number of rotatable bonds is 3. The zero-order valence-electron chi connectivity index (χ0n) is 9.00. The van der Waals surface area contributed by atoms with Crippen molar-refractivity contribution in [1.29, 1.82) is 0 Å². The average Bonchev–Trinajstić information content (AvgIpc) is 2.26. The standard InChI is InChI=1S/C11H12F2N2O2/c12-10(13)5-17-9-4-8-6(3-7(9)14)1-2-11(16)15-8/h3-4,10H,1-2,5,14H2,(H,15,16). The highest BCUT2D eigenvalue weighted by Gasteiger charge is 2.17. The van der Waals surface area contributed by atoms with Crippen molar-refractivity contribution in [2.45, 2.75) is 19.3 Å². The van der Waals surface area contributed by atoms with E-state index in [1.807, 2.05) is 0 Å². The van der Waals surface area contributed by atoms with Crippen molar-refractivity contribution in [2.24, 2.45) is 0 Å². The quantitative estimate of drug-likeness (QED) is 0.794. The summed E-state index contributed by atoms with van der Waals surface area (Å²) in [6, 6.07) is 3.14. The van der Waals surface area contributed by atoms with Gasteiger partial charge in [0.05, 0.1) is 5.69 Å². The number of alkyl halides is 2. The fraction of sp³-hybridized carbons (Fsp3) is 0.364. The van der Waals surface area contributed by atoms with Crippen LogP contribution < -0.4 is 15.8 Å². The van der Waals surface area contributed by atoms with Gasteiger partial charge in [0.25, 0.3) is 6.43 Å². The smallest absolute Gasteiger partial charge is 0.272 e. The molecule has 1 aliphatic rings. The molecule has 0 aromatic heterocycles. The van der Waals surface area contributed by atoms with Gasteiger partial charge in [-0.05, 0) is 18.1 Å². The SMILES string of the molecule is Nc1cc2c(cc1OCC(F)F)NC(=O)CC2. The Hall–Kier alpha value is -1.85. The van der Waals surface area contributed by atoms with E-state index in [1.54, 1.807) is 6.07 Å². The highest BCUT2D eigenvalue weighted by molar-refractivity contribution is 5.94. The zero-order chi connectivity index (χ0) is 12.4. The van der Waals surface area contributed by atoms with Crippen molar-refractivity contribution in [3.8, 4) is 5.75 Å². The van der Waals surface area contributed by atoms with Gasteiger partial charge in [-0.3, -0.25) is 4.79 Å². The second kappa shape index (κ2) is 4.57. The Kier molecular flexibility index (Phi) is 3.12. The van der Waals surface area contributed by atoms with E-state index in [0.29, 0.717) is 24.2 Å². The van der Waals surface area contributed by atoms with Crippen LogP contribution in [0.5, 0.6) is 5.75 Å². The van der Waals surface area contributed by atoms with E-state index in [0.717, 1.165) is 5.56 Å².